The van der Waals surface area contributed by atoms with Crippen molar-refractivity contribution in [1.29, 1.82) is 0 Å². The first-order valence-electron chi connectivity index (χ1n) is 12.7. The van der Waals surface area contributed by atoms with Gasteiger partial charge in [0, 0.05) is 32.0 Å². The van der Waals surface area contributed by atoms with Crippen LogP contribution >= 0.6 is 0 Å². The van der Waals surface area contributed by atoms with Gasteiger partial charge < -0.3 is 20.7 Å². The van der Waals surface area contributed by atoms with Crippen LogP contribution in [-0.4, -0.2) is 79.5 Å². The van der Waals surface area contributed by atoms with Gasteiger partial charge in [-0.15, -0.1) is 0 Å². The largest absolute Gasteiger partial charge is 0.378 e. The fraction of sp³-hybridized carbons (Fsp3) is 0.875. The zero-order valence-electron chi connectivity index (χ0n) is 19.6. The average Bonchev–Trinajstić information content (AvgIpc) is 2.82. The lowest BCUT2D eigenvalue weighted by Crippen LogP contribution is -2.49. The molecule has 3 rings (SSSR count). The normalized spacial score (nSPS) is 22.8. The van der Waals surface area contributed by atoms with Gasteiger partial charge in [0.25, 0.3) is 0 Å². The van der Waals surface area contributed by atoms with Crippen LogP contribution < -0.4 is 11.1 Å². The number of carbonyl (C=O) groups is 3. The summed E-state index contributed by atoms with van der Waals surface area (Å²) < 4.78 is 5.35. The smallest absolute Gasteiger partial charge is 0.234 e. The average molecular weight is 451 g/mol. The van der Waals surface area contributed by atoms with Crippen LogP contribution in [0, 0.1) is 11.8 Å². The number of carbonyl (C=O) groups excluding carboxylic acids is 3. The summed E-state index contributed by atoms with van der Waals surface area (Å²) in [5.74, 6) is -0.117. The molecule has 2 atom stereocenters. The molecule has 3 N–H and O–H groups in total. The second-order valence-electron chi connectivity index (χ2n) is 9.73. The number of piperidine rings is 1. The van der Waals surface area contributed by atoms with Crippen molar-refractivity contribution >= 4 is 17.7 Å². The minimum atomic E-state index is -0.331. The summed E-state index contributed by atoms with van der Waals surface area (Å²) in [4.78, 5) is 42.0. The number of morpholine rings is 1. The number of nitrogens with two attached hydrogens (primary N) is 1. The minimum absolute atomic E-state index is 0.0487. The van der Waals surface area contributed by atoms with Gasteiger partial charge >= 0.3 is 0 Å². The molecule has 3 fully saturated rings. The van der Waals surface area contributed by atoms with E-state index in [2.05, 4.69) is 10.2 Å². The number of ether oxygens (including phenoxy) is 1. The van der Waals surface area contributed by atoms with Gasteiger partial charge in [0.1, 0.15) is 0 Å². The van der Waals surface area contributed by atoms with Crippen LogP contribution in [0.3, 0.4) is 0 Å². The van der Waals surface area contributed by atoms with Crippen molar-refractivity contribution < 1.29 is 19.1 Å². The molecule has 0 aromatic carbocycles. The maximum atomic E-state index is 13.1. The number of nitrogens with zero attached hydrogens (tertiary/aromatic N) is 2. The molecular weight excluding hydrogens is 408 g/mol. The molecule has 3 aliphatic rings. The van der Waals surface area contributed by atoms with Gasteiger partial charge in [-0.05, 0) is 44.7 Å². The van der Waals surface area contributed by atoms with Gasteiger partial charge in [0.2, 0.25) is 17.7 Å². The Labute approximate surface area is 192 Å². The summed E-state index contributed by atoms with van der Waals surface area (Å²) in [6.07, 6.45) is 10.9. The summed E-state index contributed by atoms with van der Waals surface area (Å²) >= 11 is 0. The Hall–Kier alpha value is -1.67. The van der Waals surface area contributed by atoms with Crippen molar-refractivity contribution in [3.63, 3.8) is 0 Å². The van der Waals surface area contributed by atoms with Crippen LogP contribution in [-0.2, 0) is 19.1 Å². The Morgan fingerprint density at radius 1 is 0.938 bits per heavy atom. The van der Waals surface area contributed by atoms with Gasteiger partial charge in [-0.2, -0.15) is 0 Å². The second kappa shape index (κ2) is 13.1. The van der Waals surface area contributed by atoms with Crippen molar-refractivity contribution in [2.75, 3.05) is 45.9 Å². The first-order chi connectivity index (χ1) is 15.5. The molecule has 0 aromatic heterocycles. The van der Waals surface area contributed by atoms with E-state index >= 15 is 0 Å². The van der Waals surface area contributed by atoms with Gasteiger partial charge in [0.15, 0.2) is 0 Å². The maximum Gasteiger partial charge on any atom is 0.234 e. The zero-order chi connectivity index (χ0) is 22.8. The molecule has 1 saturated carbocycles. The number of nitrogens with one attached hydrogen (secondary N) is 1. The molecule has 0 bridgehead atoms. The Morgan fingerprint density at radius 2 is 1.59 bits per heavy atom. The number of hydrogen-bond acceptors (Lipinski definition) is 5. The van der Waals surface area contributed by atoms with E-state index in [1.165, 1.54) is 25.7 Å². The van der Waals surface area contributed by atoms with Crippen LogP contribution in [0.1, 0.15) is 70.6 Å². The molecule has 2 aliphatic heterocycles. The SMILES string of the molecule is NC(=O)C(CCNC(=O)C(CC(=O)N1CCOCC1)CC1CCCCC1)N1CCCCC1. The van der Waals surface area contributed by atoms with E-state index in [0.29, 0.717) is 45.2 Å². The van der Waals surface area contributed by atoms with Crippen LogP contribution in [0.15, 0.2) is 0 Å². The predicted molar refractivity (Wildman–Crippen MR) is 123 cm³/mol. The van der Waals surface area contributed by atoms with Crippen LogP contribution in [0.25, 0.3) is 0 Å². The Morgan fingerprint density at radius 3 is 2.25 bits per heavy atom. The summed E-state index contributed by atoms with van der Waals surface area (Å²) in [5.41, 5.74) is 5.66. The van der Waals surface area contributed by atoms with Crippen molar-refractivity contribution in [2.24, 2.45) is 17.6 Å². The maximum absolute atomic E-state index is 13.1. The number of primary amides is 1. The highest BCUT2D eigenvalue weighted by Gasteiger charge is 2.30. The number of amides is 3. The molecule has 2 saturated heterocycles. The van der Waals surface area contributed by atoms with Crippen LogP contribution in [0.5, 0.6) is 0 Å². The van der Waals surface area contributed by atoms with E-state index in [4.69, 9.17) is 10.5 Å². The third-order valence-electron chi connectivity index (χ3n) is 7.38. The molecule has 0 aromatic rings. The van der Waals surface area contributed by atoms with Crippen molar-refractivity contribution in [2.45, 2.75) is 76.7 Å². The first-order valence-corrected chi connectivity index (χ1v) is 12.7. The molecule has 8 nitrogen and oxygen atoms in total. The predicted octanol–water partition coefficient (Wildman–Crippen LogP) is 1.67. The van der Waals surface area contributed by atoms with E-state index in [9.17, 15) is 14.4 Å². The molecule has 1 aliphatic carbocycles. The molecule has 32 heavy (non-hydrogen) atoms. The van der Waals surface area contributed by atoms with Gasteiger partial charge in [-0.25, -0.2) is 0 Å². The van der Waals surface area contributed by atoms with E-state index < -0.39 is 0 Å². The third-order valence-corrected chi connectivity index (χ3v) is 7.38. The van der Waals surface area contributed by atoms with Crippen LogP contribution in [0.2, 0.25) is 0 Å². The fourth-order valence-corrected chi connectivity index (χ4v) is 5.47. The Balaban J connectivity index is 1.53. The second-order valence-corrected chi connectivity index (χ2v) is 9.73. The number of hydrogen-bond donors (Lipinski definition) is 2. The van der Waals surface area contributed by atoms with E-state index in [-0.39, 0.29) is 36.1 Å². The van der Waals surface area contributed by atoms with Gasteiger partial charge in [-0.1, -0.05) is 38.5 Å². The topological polar surface area (TPSA) is 105 Å². The van der Waals surface area contributed by atoms with Crippen LogP contribution in [0.4, 0.5) is 0 Å². The lowest BCUT2D eigenvalue weighted by Gasteiger charge is -2.33. The monoisotopic (exact) mass is 450 g/mol. The van der Waals surface area contributed by atoms with Crippen molar-refractivity contribution in [1.82, 2.24) is 15.1 Å². The molecule has 182 valence electrons. The molecule has 2 unspecified atom stereocenters. The lowest BCUT2D eigenvalue weighted by molar-refractivity contribution is -0.139. The summed E-state index contributed by atoms with van der Waals surface area (Å²) in [7, 11) is 0. The third kappa shape index (κ3) is 7.73. The summed E-state index contributed by atoms with van der Waals surface area (Å²) in [5, 5.41) is 3.04. The number of likely N-dealkylation sites (tertiary alicyclic amines) is 1. The van der Waals surface area contributed by atoms with E-state index in [1.807, 2.05) is 4.90 Å². The molecule has 0 spiro atoms. The van der Waals surface area contributed by atoms with Crippen molar-refractivity contribution in [3.8, 4) is 0 Å². The first kappa shape index (κ1) is 25.0. The standard InChI is InChI=1S/C24H42N4O4/c25-23(30)21(27-11-5-2-6-12-27)9-10-26-24(31)20(17-19-7-3-1-4-8-19)18-22(29)28-13-15-32-16-14-28/h19-21H,1-18H2,(H2,25,30)(H,26,31). The van der Waals surface area contributed by atoms with E-state index in [0.717, 1.165) is 45.2 Å². The Kier molecular flexibility index (Phi) is 10.2. The minimum Gasteiger partial charge on any atom is -0.378 e. The summed E-state index contributed by atoms with van der Waals surface area (Å²) in [6, 6.07) is -0.331. The molecule has 8 heteroatoms. The Bertz CT molecular complexity index is 611. The van der Waals surface area contributed by atoms with Gasteiger partial charge in [0.05, 0.1) is 19.3 Å². The molecule has 3 amide bonds. The fourth-order valence-electron chi connectivity index (χ4n) is 5.47. The lowest BCUT2D eigenvalue weighted by atomic mass is 9.81. The van der Waals surface area contributed by atoms with E-state index in [1.54, 1.807) is 0 Å². The number of rotatable bonds is 10. The zero-order valence-corrected chi connectivity index (χ0v) is 19.6. The highest BCUT2D eigenvalue weighted by atomic mass is 16.5. The highest BCUT2D eigenvalue weighted by molar-refractivity contribution is 5.86. The molecule has 0 radical (unpaired) electrons. The highest BCUT2D eigenvalue weighted by Crippen LogP contribution is 2.30. The summed E-state index contributed by atoms with van der Waals surface area (Å²) in [6.45, 7) is 4.53. The molecule has 2 heterocycles. The molecular formula is C24H42N4O4. The van der Waals surface area contributed by atoms with Crippen molar-refractivity contribution in [3.05, 3.63) is 0 Å². The van der Waals surface area contributed by atoms with Gasteiger partial charge in [-0.3, -0.25) is 19.3 Å². The quantitative estimate of drug-likeness (QED) is 0.527.